The maximum atomic E-state index is 12.1. The van der Waals surface area contributed by atoms with Crippen molar-refractivity contribution in [1.82, 2.24) is 0 Å². The van der Waals surface area contributed by atoms with Crippen LogP contribution >= 0.6 is 31.9 Å². The van der Waals surface area contributed by atoms with Gasteiger partial charge in [0.15, 0.2) is 0 Å². The summed E-state index contributed by atoms with van der Waals surface area (Å²) < 4.78 is 12.3. The fraction of sp³-hybridized carbons (Fsp3) is 0.105. The van der Waals surface area contributed by atoms with Crippen molar-refractivity contribution in [3.63, 3.8) is 0 Å². The molecule has 122 valence electrons. The van der Waals surface area contributed by atoms with Crippen LogP contribution in [0.4, 0.5) is 0 Å². The van der Waals surface area contributed by atoms with Gasteiger partial charge in [-0.05, 0) is 68.6 Å². The summed E-state index contributed by atoms with van der Waals surface area (Å²) in [5.41, 5.74) is 3.42. The Morgan fingerprint density at radius 3 is 2.29 bits per heavy atom. The molecule has 0 atom stereocenters. The fourth-order valence-corrected chi connectivity index (χ4v) is 3.93. The van der Waals surface area contributed by atoms with Gasteiger partial charge in [0.05, 0.1) is 21.6 Å². The van der Waals surface area contributed by atoms with Crippen molar-refractivity contribution < 1.29 is 14.3 Å². The summed E-state index contributed by atoms with van der Waals surface area (Å²) in [5.74, 6) is 0.925. The predicted molar refractivity (Wildman–Crippen MR) is 102 cm³/mol. The van der Waals surface area contributed by atoms with Crippen molar-refractivity contribution in [3.05, 3.63) is 73.7 Å². The molecule has 0 unspecified atom stereocenters. The number of benzene rings is 2. The van der Waals surface area contributed by atoms with E-state index < -0.39 is 0 Å². The Labute approximate surface area is 157 Å². The normalized spacial score (nSPS) is 15.4. The van der Waals surface area contributed by atoms with Crippen molar-refractivity contribution in [3.8, 4) is 5.75 Å². The number of carbonyl (C=O) groups excluding carboxylic acids is 1. The number of cyclic esters (lactones) is 1. The van der Waals surface area contributed by atoms with Gasteiger partial charge >= 0.3 is 5.97 Å². The van der Waals surface area contributed by atoms with Gasteiger partial charge in [0.2, 0.25) is 0 Å². The van der Waals surface area contributed by atoms with Gasteiger partial charge in [-0.3, -0.25) is 0 Å². The van der Waals surface area contributed by atoms with Gasteiger partial charge < -0.3 is 9.47 Å². The SMILES string of the molecule is COc1c(Br)cc(/C=C2\C=C(c3ccc(C)cc3)OC2=O)cc1Br. The Morgan fingerprint density at radius 2 is 1.71 bits per heavy atom. The smallest absolute Gasteiger partial charge is 0.343 e. The van der Waals surface area contributed by atoms with Crippen molar-refractivity contribution >= 4 is 49.7 Å². The molecule has 2 aromatic carbocycles. The van der Waals surface area contributed by atoms with E-state index in [0.717, 1.165) is 25.6 Å². The van der Waals surface area contributed by atoms with Crippen molar-refractivity contribution in [2.75, 3.05) is 7.11 Å². The molecule has 2 aromatic rings. The van der Waals surface area contributed by atoms with Crippen LogP contribution in [0.5, 0.6) is 5.75 Å². The number of carbonyl (C=O) groups is 1. The highest BCUT2D eigenvalue weighted by Gasteiger charge is 2.22. The lowest BCUT2D eigenvalue weighted by atomic mass is 10.1. The molecule has 0 spiro atoms. The lowest BCUT2D eigenvalue weighted by Gasteiger charge is -2.07. The molecule has 0 saturated heterocycles. The minimum Gasteiger partial charge on any atom is -0.494 e. The van der Waals surface area contributed by atoms with Crippen LogP contribution < -0.4 is 4.74 Å². The quantitative estimate of drug-likeness (QED) is 0.457. The third-order valence-electron chi connectivity index (χ3n) is 3.61. The number of ether oxygens (including phenoxy) is 2. The Bertz CT molecular complexity index is 842. The highest BCUT2D eigenvalue weighted by atomic mass is 79.9. The van der Waals surface area contributed by atoms with Crippen LogP contribution in [0.15, 0.2) is 57.0 Å². The Morgan fingerprint density at radius 1 is 1.08 bits per heavy atom. The molecule has 0 radical (unpaired) electrons. The Kier molecular flexibility index (Phi) is 4.92. The van der Waals surface area contributed by atoms with E-state index in [-0.39, 0.29) is 5.97 Å². The van der Waals surface area contributed by atoms with E-state index in [2.05, 4.69) is 31.9 Å². The molecule has 3 nitrogen and oxygen atoms in total. The zero-order valence-corrected chi connectivity index (χ0v) is 16.3. The average Bonchev–Trinajstić information content (AvgIpc) is 2.89. The van der Waals surface area contributed by atoms with Gasteiger partial charge in [0, 0.05) is 5.56 Å². The second-order valence-electron chi connectivity index (χ2n) is 5.38. The predicted octanol–water partition coefficient (Wildman–Crippen LogP) is 5.51. The third kappa shape index (κ3) is 3.47. The monoisotopic (exact) mass is 448 g/mol. The zero-order valence-electron chi connectivity index (χ0n) is 13.1. The van der Waals surface area contributed by atoms with Crippen LogP contribution in [0.25, 0.3) is 11.8 Å². The molecule has 5 heteroatoms. The second kappa shape index (κ2) is 6.95. The topological polar surface area (TPSA) is 35.5 Å². The molecule has 1 heterocycles. The van der Waals surface area contributed by atoms with E-state index in [1.807, 2.05) is 43.3 Å². The number of methoxy groups -OCH3 is 1. The van der Waals surface area contributed by atoms with Gasteiger partial charge in [-0.15, -0.1) is 0 Å². The minimum absolute atomic E-state index is 0.353. The average molecular weight is 450 g/mol. The van der Waals surface area contributed by atoms with E-state index in [4.69, 9.17) is 9.47 Å². The maximum Gasteiger partial charge on any atom is 0.343 e. The summed E-state index contributed by atoms with van der Waals surface area (Å²) in [7, 11) is 1.61. The summed E-state index contributed by atoms with van der Waals surface area (Å²) in [6.45, 7) is 2.02. The number of hydrogen-bond acceptors (Lipinski definition) is 3. The van der Waals surface area contributed by atoms with Gasteiger partial charge in [-0.1, -0.05) is 29.8 Å². The molecule has 0 aliphatic carbocycles. The molecule has 0 saturated carbocycles. The van der Waals surface area contributed by atoms with Crippen LogP contribution in [-0.4, -0.2) is 13.1 Å². The summed E-state index contributed by atoms with van der Waals surface area (Å²) >= 11 is 6.92. The number of rotatable bonds is 3. The molecule has 24 heavy (non-hydrogen) atoms. The molecule has 0 bridgehead atoms. The van der Waals surface area contributed by atoms with Crippen LogP contribution in [0.1, 0.15) is 16.7 Å². The molecule has 0 amide bonds. The number of esters is 1. The zero-order chi connectivity index (χ0) is 17.3. The van der Waals surface area contributed by atoms with Crippen molar-refractivity contribution in [1.29, 1.82) is 0 Å². The van der Waals surface area contributed by atoms with Crippen LogP contribution in [0, 0.1) is 6.92 Å². The van der Waals surface area contributed by atoms with Crippen LogP contribution in [-0.2, 0) is 9.53 Å². The second-order valence-corrected chi connectivity index (χ2v) is 7.09. The molecule has 1 aliphatic heterocycles. The summed E-state index contributed by atoms with van der Waals surface area (Å²) in [6.07, 6.45) is 3.55. The van der Waals surface area contributed by atoms with Crippen molar-refractivity contribution in [2.45, 2.75) is 6.92 Å². The lowest BCUT2D eigenvalue weighted by Crippen LogP contribution is -1.97. The largest absolute Gasteiger partial charge is 0.494 e. The minimum atomic E-state index is -0.353. The Hall–Kier alpha value is -1.85. The van der Waals surface area contributed by atoms with Gasteiger partial charge in [0.1, 0.15) is 11.5 Å². The van der Waals surface area contributed by atoms with Crippen LogP contribution in [0.2, 0.25) is 0 Å². The lowest BCUT2D eigenvalue weighted by molar-refractivity contribution is -0.130. The number of halogens is 2. The Balaban J connectivity index is 1.95. The molecule has 0 N–H and O–H groups in total. The van der Waals surface area contributed by atoms with Crippen LogP contribution in [0.3, 0.4) is 0 Å². The standard InChI is InChI=1S/C19H14Br2O3/c1-11-3-5-13(6-4-11)17-10-14(19(22)24-17)7-12-8-15(20)18(23-2)16(21)9-12/h3-10H,1-2H3/b14-7+. The maximum absolute atomic E-state index is 12.1. The summed E-state index contributed by atoms with van der Waals surface area (Å²) in [4.78, 5) is 12.1. The van der Waals surface area contributed by atoms with E-state index in [1.54, 1.807) is 19.3 Å². The van der Waals surface area contributed by atoms with Gasteiger partial charge in [-0.2, -0.15) is 0 Å². The van der Waals surface area contributed by atoms with E-state index >= 15 is 0 Å². The van der Waals surface area contributed by atoms with E-state index in [0.29, 0.717) is 17.1 Å². The molecule has 0 aromatic heterocycles. The first-order valence-electron chi connectivity index (χ1n) is 7.23. The highest BCUT2D eigenvalue weighted by molar-refractivity contribution is 9.11. The van der Waals surface area contributed by atoms with E-state index in [9.17, 15) is 4.79 Å². The summed E-state index contributed by atoms with van der Waals surface area (Å²) in [5, 5.41) is 0. The first kappa shape index (κ1) is 17.0. The number of hydrogen-bond donors (Lipinski definition) is 0. The molecular formula is C19H14Br2O3. The molecular weight excluding hydrogens is 436 g/mol. The first-order chi connectivity index (χ1) is 11.5. The molecule has 1 aliphatic rings. The third-order valence-corrected chi connectivity index (χ3v) is 4.79. The van der Waals surface area contributed by atoms with E-state index in [1.165, 1.54) is 0 Å². The van der Waals surface area contributed by atoms with Gasteiger partial charge in [0.25, 0.3) is 0 Å². The molecule has 3 rings (SSSR count). The first-order valence-corrected chi connectivity index (χ1v) is 8.82. The summed E-state index contributed by atoms with van der Waals surface area (Å²) in [6, 6.07) is 11.6. The highest BCUT2D eigenvalue weighted by Crippen LogP contribution is 2.36. The molecule has 0 fully saturated rings. The van der Waals surface area contributed by atoms with Crippen molar-refractivity contribution in [2.24, 2.45) is 0 Å². The fourth-order valence-electron chi connectivity index (χ4n) is 2.39. The number of aryl methyl sites for hydroxylation is 1. The van der Waals surface area contributed by atoms with Gasteiger partial charge in [-0.25, -0.2) is 4.79 Å².